The quantitative estimate of drug-likeness (QED) is 0.934. The van der Waals surface area contributed by atoms with Gasteiger partial charge in [0.05, 0.1) is 7.11 Å². The number of primary amides is 1. The number of nitrogens with two attached hydrogens (primary N) is 1. The molecule has 0 bridgehead atoms. The summed E-state index contributed by atoms with van der Waals surface area (Å²) in [5.74, 6) is 1.00. The Labute approximate surface area is 115 Å². The molecule has 19 heavy (non-hydrogen) atoms. The molecule has 0 unspecified atom stereocenters. The van der Waals surface area contributed by atoms with Crippen LogP contribution in [0.2, 0.25) is 5.02 Å². The molecular formula is C14H12ClNO3. The Morgan fingerprint density at radius 3 is 2.63 bits per heavy atom. The molecule has 0 aromatic heterocycles. The average molecular weight is 278 g/mol. The van der Waals surface area contributed by atoms with Crippen molar-refractivity contribution in [1.29, 1.82) is 0 Å². The van der Waals surface area contributed by atoms with Crippen molar-refractivity contribution in [2.24, 2.45) is 5.73 Å². The van der Waals surface area contributed by atoms with Crippen molar-refractivity contribution in [2.75, 3.05) is 7.11 Å². The number of methoxy groups -OCH3 is 1. The predicted octanol–water partition coefficient (Wildman–Crippen LogP) is 3.47. The summed E-state index contributed by atoms with van der Waals surface area (Å²) >= 11 is 5.96. The normalized spacial score (nSPS) is 10.0. The monoisotopic (exact) mass is 277 g/mol. The highest BCUT2D eigenvalue weighted by Crippen LogP contribution is 2.34. The third-order valence-electron chi connectivity index (χ3n) is 2.53. The van der Waals surface area contributed by atoms with E-state index in [2.05, 4.69) is 0 Å². The molecule has 0 heterocycles. The van der Waals surface area contributed by atoms with Gasteiger partial charge >= 0.3 is 6.09 Å². The predicted molar refractivity (Wildman–Crippen MR) is 73.7 cm³/mol. The molecule has 5 heteroatoms. The molecule has 2 aromatic carbocycles. The minimum absolute atomic E-state index is 0.357. The molecule has 0 atom stereocenters. The van der Waals surface area contributed by atoms with Crippen LogP contribution in [-0.4, -0.2) is 13.2 Å². The maximum atomic E-state index is 10.9. The second kappa shape index (κ2) is 5.63. The van der Waals surface area contributed by atoms with Gasteiger partial charge in [-0.3, -0.25) is 0 Å². The standard InChI is InChI=1S/C14H12ClNO3/c1-18-11-5-6-13(19-14(16)17)12(8-11)9-3-2-4-10(15)7-9/h2-8H,1H3,(H2,16,17). The molecule has 0 saturated carbocycles. The largest absolute Gasteiger partial charge is 0.497 e. The third kappa shape index (κ3) is 3.17. The molecule has 2 N–H and O–H groups in total. The first-order valence-electron chi connectivity index (χ1n) is 5.51. The van der Waals surface area contributed by atoms with Gasteiger partial charge in [-0.15, -0.1) is 0 Å². The minimum atomic E-state index is -0.867. The van der Waals surface area contributed by atoms with Crippen molar-refractivity contribution >= 4 is 17.7 Å². The molecule has 0 aliphatic heterocycles. The fourth-order valence-corrected chi connectivity index (χ4v) is 1.91. The summed E-state index contributed by atoms with van der Waals surface area (Å²) in [5.41, 5.74) is 6.54. The fraction of sp³-hybridized carbons (Fsp3) is 0.0714. The van der Waals surface area contributed by atoms with Crippen LogP contribution in [0.5, 0.6) is 11.5 Å². The number of amides is 1. The average Bonchev–Trinajstić information content (AvgIpc) is 2.38. The second-order valence-corrected chi connectivity index (χ2v) is 4.23. The number of benzene rings is 2. The summed E-state index contributed by atoms with van der Waals surface area (Å²) in [4.78, 5) is 10.9. The highest BCUT2D eigenvalue weighted by molar-refractivity contribution is 6.30. The lowest BCUT2D eigenvalue weighted by Gasteiger charge is -2.11. The maximum Gasteiger partial charge on any atom is 0.409 e. The van der Waals surface area contributed by atoms with Gasteiger partial charge < -0.3 is 15.2 Å². The van der Waals surface area contributed by atoms with Crippen LogP contribution in [0, 0.1) is 0 Å². The molecule has 0 fully saturated rings. The van der Waals surface area contributed by atoms with Crippen molar-refractivity contribution < 1.29 is 14.3 Å². The molecule has 4 nitrogen and oxygen atoms in total. The molecule has 98 valence electrons. The lowest BCUT2D eigenvalue weighted by molar-refractivity contribution is 0.211. The minimum Gasteiger partial charge on any atom is -0.497 e. The molecule has 1 amide bonds. The van der Waals surface area contributed by atoms with Crippen LogP contribution in [0.25, 0.3) is 11.1 Å². The molecule has 0 radical (unpaired) electrons. The Kier molecular flexibility index (Phi) is 3.92. The highest BCUT2D eigenvalue weighted by Gasteiger charge is 2.11. The number of ether oxygens (including phenoxy) is 2. The molecular weight excluding hydrogens is 266 g/mol. The van der Waals surface area contributed by atoms with E-state index >= 15 is 0 Å². The number of halogens is 1. The van der Waals surface area contributed by atoms with Crippen LogP contribution in [0.15, 0.2) is 42.5 Å². The van der Waals surface area contributed by atoms with Crippen LogP contribution in [0.4, 0.5) is 4.79 Å². The lowest BCUT2D eigenvalue weighted by atomic mass is 10.0. The zero-order valence-electron chi connectivity index (χ0n) is 10.2. The second-order valence-electron chi connectivity index (χ2n) is 3.79. The molecule has 0 saturated heterocycles. The molecule has 0 aliphatic carbocycles. The lowest BCUT2D eigenvalue weighted by Crippen LogP contribution is -2.16. The van der Waals surface area contributed by atoms with E-state index in [0.717, 1.165) is 5.56 Å². The summed E-state index contributed by atoms with van der Waals surface area (Å²) in [7, 11) is 1.56. The third-order valence-corrected chi connectivity index (χ3v) is 2.77. The maximum absolute atomic E-state index is 10.9. The van der Waals surface area contributed by atoms with Crippen LogP contribution >= 0.6 is 11.6 Å². The SMILES string of the molecule is COc1ccc(OC(N)=O)c(-c2cccc(Cl)c2)c1. The summed E-state index contributed by atoms with van der Waals surface area (Å²) in [6, 6.07) is 12.3. The number of carbonyl (C=O) groups is 1. The van der Waals surface area contributed by atoms with Gasteiger partial charge in [0, 0.05) is 10.6 Å². The van der Waals surface area contributed by atoms with Crippen LogP contribution < -0.4 is 15.2 Å². The Morgan fingerprint density at radius 2 is 2.00 bits per heavy atom. The highest BCUT2D eigenvalue weighted by atomic mass is 35.5. The van der Waals surface area contributed by atoms with E-state index in [1.807, 2.05) is 12.1 Å². The zero-order valence-corrected chi connectivity index (χ0v) is 11.0. The van der Waals surface area contributed by atoms with Gasteiger partial charge in [-0.1, -0.05) is 23.7 Å². The summed E-state index contributed by atoms with van der Waals surface area (Å²) in [6.45, 7) is 0. The zero-order chi connectivity index (χ0) is 13.8. The molecule has 2 rings (SSSR count). The Hall–Kier alpha value is -2.20. The Balaban J connectivity index is 2.54. The van der Waals surface area contributed by atoms with Gasteiger partial charge in [-0.25, -0.2) is 4.79 Å². The Morgan fingerprint density at radius 1 is 1.21 bits per heavy atom. The topological polar surface area (TPSA) is 61.6 Å². The van der Waals surface area contributed by atoms with E-state index in [4.69, 9.17) is 26.8 Å². The number of carbonyl (C=O) groups excluding carboxylic acids is 1. The molecule has 0 spiro atoms. The summed E-state index contributed by atoms with van der Waals surface area (Å²) in [5, 5.41) is 0.588. The van der Waals surface area contributed by atoms with Crippen molar-refractivity contribution in [2.45, 2.75) is 0 Å². The van der Waals surface area contributed by atoms with Gasteiger partial charge in [-0.2, -0.15) is 0 Å². The first-order valence-corrected chi connectivity index (χ1v) is 5.89. The Bertz CT molecular complexity index is 613. The van der Waals surface area contributed by atoms with E-state index in [9.17, 15) is 4.79 Å². The van der Waals surface area contributed by atoms with Crippen LogP contribution in [0.3, 0.4) is 0 Å². The van der Waals surface area contributed by atoms with E-state index in [0.29, 0.717) is 22.1 Å². The van der Waals surface area contributed by atoms with Crippen molar-refractivity contribution in [3.8, 4) is 22.6 Å². The number of hydrogen-bond donors (Lipinski definition) is 1. The van der Waals surface area contributed by atoms with Crippen LogP contribution in [-0.2, 0) is 0 Å². The number of hydrogen-bond acceptors (Lipinski definition) is 3. The first kappa shape index (κ1) is 13.2. The molecule has 0 aliphatic rings. The number of rotatable bonds is 3. The summed E-state index contributed by atoms with van der Waals surface area (Å²) in [6.07, 6.45) is -0.867. The van der Waals surface area contributed by atoms with Gasteiger partial charge in [0.2, 0.25) is 0 Å². The first-order chi connectivity index (χ1) is 9.10. The van der Waals surface area contributed by atoms with Gasteiger partial charge in [0.15, 0.2) is 0 Å². The van der Waals surface area contributed by atoms with E-state index in [1.165, 1.54) is 0 Å². The van der Waals surface area contributed by atoms with E-state index in [1.54, 1.807) is 37.4 Å². The van der Waals surface area contributed by atoms with Crippen molar-refractivity contribution in [3.05, 3.63) is 47.5 Å². The molecule has 2 aromatic rings. The van der Waals surface area contributed by atoms with Crippen LogP contribution in [0.1, 0.15) is 0 Å². The van der Waals surface area contributed by atoms with E-state index < -0.39 is 6.09 Å². The van der Waals surface area contributed by atoms with Gasteiger partial charge in [0.25, 0.3) is 0 Å². The van der Waals surface area contributed by atoms with Crippen molar-refractivity contribution in [3.63, 3.8) is 0 Å². The van der Waals surface area contributed by atoms with E-state index in [-0.39, 0.29) is 0 Å². The van der Waals surface area contributed by atoms with Gasteiger partial charge in [0.1, 0.15) is 11.5 Å². The fourth-order valence-electron chi connectivity index (χ4n) is 1.72. The van der Waals surface area contributed by atoms with Gasteiger partial charge in [-0.05, 0) is 35.9 Å². The smallest absolute Gasteiger partial charge is 0.409 e. The van der Waals surface area contributed by atoms with Crippen molar-refractivity contribution in [1.82, 2.24) is 0 Å². The summed E-state index contributed by atoms with van der Waals surface area (Å²) < 4.78 is 10.1.